The van der Waals surface area contributed by atoms with E-state index < -0.39 is 0 Å². The zero-order chi connectivity index (χ0) is 11.4. The lowest BCUT2D eigenvalue weighted by molar-refractivity contribution is -0.127. The summed E-state index contributed by atoms with van der Waals surface area (Å²) in [6.07, 6.45) is 8.65. The molecule has 0 spiro atoms. The van der Waals surface area contributed by atoms with Gasteiger partial charge in [0.1, 0.15) is 0 Å². The van der Waals surface area contributed by atoms with Crippen LogP contribution in [0.2, 0.25) is 0 Å². The van der Waals surface area contributed by atoms with Gasteiger partial charge in [0, 0.05) is 19.5 Å². The van der Waals surface area contributed by atoms with Crippen molar-refractivity contribution in [1.29, 1.82) is 0 Å². The van der Waals surface area contributed by atoms with Crippen LogP contribution in [0.25, 0.3) is 0 Å². The van der Waals surface area contributed by atoms with Gasteiger partial charge in [-0.1, -0.05) is 19.3 Å². The summed E-state index contributed by atoms with van der Waals surface area (Å²) in [4.78, 5) is 11.7. The SMILES string of the molecule is CNCC1(C2CCCCC2)CCNC(=O)C1. The van der Waals surface area contributed by atoms with Crippen LogP contribution >= 0.6 is 0 Å². The third-order valence-corrected chi connectivity index (χ3v) is 4.46. The van der Waals surface area contributed by atoms with E-state index in [0.717, 1.165) is 31.8 Å². The molecule has 16 heavy (non-hydrogen) atoms. The molecule has 2 rings (SSSR count). The van der Waals surface area contributed by atoms with E-state index in [-0.39, 0.29) is 11.3 Å². The fourth-order valence-corrected chi connectivity index (χ4v) is 3.63. The summed E-state index contributed by atoms with van der Waals surface area (Å²) in [5.41, 5.74) is 0.248. The fourth-order valence-electron chi connectivity index (χ4n) is 3.63. The molecule has 0 aromatic carbocycles. The molecule has 1 heterocycles. The molecule has 1 aliphatic heterocycles. The number of hydrogen-bond donors (Lipinski definition) is 2. The first-order chi connectivity index (χ1) is 7.77. The van der Waals surface area contributed by atoms with E-state index in [1.54, 1.807) is 0 Å². The molecule has 0 bridgehead atoms. The molecular formula is C13H24N2O. The molecule has 3 heteroatoms. The van der Waals surface area contributed by atoms with Crippen LogP contribution < -0.4 is 10.6 Å². The van der Waals surface area contributed by atoms with Gasteiger partial charge in [-0.05, 0) is 37.6 Å². The maximum atomic E-state index is 11.7. The second-order valence-electron chi connectivity index (χ2n) is 5.50. The standard InChI is InChI=1S/C13H24N2O/c1-14-10-13(7-8-15-12(16)9-13)11-5-3-2-4-6-11/h11,14H,2-10H2,1H3,(H,15,16). The van der Waals surface area contributed by atoms with Crippen LogP contribution in [0.1, 0.15) is 44.9 Å². The van der Waals surface area contributed by atoms with Gasteiger partial charge < -0.3 is 10.6 Å². The molecule has 2 fully saturated rings. The summed E-state index contributed by atoms with van der Waals surface area (Å²) >= 11 is 0. The van der Waals surface area contributed by atoms with Gasteiger partial charge in [0.2, 0.25) is 5.91 Å². The third-order valence-electron chi connectivity index (χ3n) is 4.46. The van der Waals surface area contributed by atoms with E-state index in [1.165, 1.54) is 32.1 Å². The molecule has 2 aliphatic rings. The van der Waals surface area contributed by atoms with Gasteiger partial charge in [0.05, 0.1) is 0 Å². The smallest absolute Gasteiger partial charge is 0.220 e. The summed E-state index contributed by atoms with van der Waals surface area (Å²) < 4.78 is 0. The van der Waals surface area contributed by atoms with Gasteiger partial charge in [-0.2, -0.15) is 0 Å². The maximum absolute atomic E-state index is 11.7. The zero-order valence-electron chi connectivity index (χ0n) is 10.3. The normalized spacial score (nSPS) is 32.4. The third kappa shape index (κ3) is 2.40. The summed E-state index contributed by atoms with van der Waals surface area (Å²) in [6, 6.07) is 0. The number of carbonyl (C=O) groups excluding carboxylic acids is 1. The van der Waals surface area contributed by atoms with E-state index in [9.17, 15) is 4.79 Å². The Morgan fingerprint density at radius 3 is 2.75 bits per heavy atom. The Morgan fingerprint density at radius 2 is 2.12 bits per heavy atom. The number of amides is 1. The molecule has 2 N–H and O–H groups in total. The average molecular weight is 224 g/mol. The Balaban J connectivity index is 2.09. The number of hydrogen-bond acceptors (Lipinski definition) is 2. The number of piperidine rings is 1. The second kappa shape index (κ2) is 5.17. The molecule has 0 radical (unpaired) electrons. The Bertz CT molecular complexity index is 244. The Labute approximate surface area is 98.4 Å². The monoisotopic (exact) mass is 224 g/mol. The van der Waals surface area contributed by atoms with Crippen LogP contribution in [-0.4, -0.2) is 26.0 Å². The van der Waals surface area contributed by atoms with Crippen molar-refractivity contribution in [2.24, 2.45) is 11.3 Å². The molecule has 92 valence electrons. The molecule has 1 saturated heterocycles. The highest BCUT2D eigenvalue weighted by atomic mass is 16.1. The molecule has 0 aromatic rings. The van der Waals surface area contributed by atoms with Crippen LogP contribution in [-0.2, 0) is 4.79 Å². The summed E-state index contributed by atoms with van der Waals surface area (Å²) in [7, 11) is 2.01. The highest BCUT2D eigenvalue weighted by molar-refractivity contribution is 5.77. The average Bonchev–Trinajstić information content (AvgIpc) is 2.31. The van der Waals surface area contributed by atoms with Crippen molar-refractivity contribution in [1.82, 2.24) is 10.6 Å². The lowest BCUT2D eigenvalue weighted by Gasteiger charge is -2.45. The van der Waals surface area contributed by atoms with Crippen molar-refractivity contribution in [3.63, 3.8) is 0 Å². The van der Waals surface area contributed by atoms with Gasteiger partial charge in [-0.15, -0.1) is 0 Å². The van der Waals surface area contributed by atoms with Crippen LogP contribution in [0.15, 0.2) is 0 Å². The number of rotatable bonds is 3. The molecule has 1 aliphatic carbocycles. The van der Waals surface area contributed by atoms with Gasteiger partial charge in [0.15, 0.2) is 0 Å². The summed E-state index contributed by atoms with van der Waals surface area (Å²) in [5.74, 6) is 1.02. The van der Waals surface area contributed by atoms with Crippen molar-refractivity contribution in [3.05, 3.63) is 0 Å². The lowest BCUT2D eigenvalue weighted by Crippen LogP contribution is -2.49. The van der Waals surface area contributed by atoms with Crippen LogP contribution in [0, 0.1) is 11.3 Å². The first-order valence-electron chi connectivity index (χ1n) is 6.68. The predicted molar refractivity (Wildman–Crippen MR) is 65.2 cm³/mol. The van der Waals surface area contributed by atoms with Crippen molar-refractivity contribution in [2.75, 3.05) is 20.1 Å². The molecule has 1 saturated carbocycles. The Morgan fingerprint density at radius 1 is 1.38 bits per heavy atom. The topological polar surface area (TPSA) is 41.1 Å². The highest BCUT2D eigenvalue weighted by Crippen LogP contribution is 2.44. The van der Waals surface area contributed by atoms with Crippen molar-refractivity contribution in [3.8, 4) is 0 Å². The van der Waals surface area contributed by atoms with E-state index in [0.29, 0.717) is 0 Å². The molecular weight excluding hydrogens is 200 g/mol. The fraction of sp³-hybridized carbons (Fsp3) is 0.923. The summed E-state index contributed by atoms with van der Waals surface area (Å²) in [5, 5.41) is 6.28. The number of carbonyl (C=O) groups is 1. The Kier molecular flexibility index (Phi) is 3.85. The molecule has 1 amide bonds. The van der Waals surface area contributed by atoms with Crippen LogP contribution in [0.3, 0.4) is 0 Å². The minimum Gasteiger partial charge on any atom is -0.356 e. The largest absolute Gasteiger partial charge is 0.356 e. The quantitative estimate of drug-likeness (QED) is 0.766. The molecule has 3 nitrogen and oxygen atoms in total. The first-order valence-corrected chi connectivity index (χ1v) is 6.68. The highest BCUT2D eigenvalue weighted by Gasteiger charge is 2.42. The van der Waals surface area contributed by atoms with Gasteiger partial charge >= 0.3 is 0 Å². The van der Waals surface area contributed by atoms with E-state index in [4.69, 9.17) is 0 Å². The van der Waals surface area contributed by atoms with E-state index in [1.807, 2.05) is 7.05 Å². The van der Waals surface area contributed by atoms with Crippen molar-refractivity contribution >= 4 is 5.91 Å². The Hall–Kier alpha value is -0.570. The molecule has 1 atom stereocenters. The van der Waals surface area contributed by atoms with E-state index >= 15 is 0 Å². The maximum Gasteiger partial charge on any atom is 0.220 e. The van der Waals surface area contributed by atoms with Crippen molar-refractivity contribution < 1.29 is 4.79 Å². The van der Waals surface area contributed by atoms with Gasteiger partial charge in [0.25, 0.3) is 0 Å². The molecule has 1 unspecified atom stereocenters. The minimum absolute atomic E-state index is 0.248. The second-order valence-corrected chi connectivity index (χ2v) is 5.50. The first kappa shape index (κ1) is 11.9. The van der Waals surface area contributed by atoms with Crippen molar-refractivity contribution in [2.45, 2.75) is 44.9 Å². The van der Waals surface area contributed by atoms with Gasteiger partial charge in [-0.3, -0.25) is 4.79 Å². The lowest BCUT2D eigenvalue weighted by atomic mass is 9.64. The predicted octanol–water partition coefficient (Wildman–Crippen LogP) is 1.68. The number of nitrogens with one attached hydrogen (secondary N) is 2. The van der Waals surface area contributed by atoms with Gasteiger partial charge in [-0.25, -0.2) is 0 Å². The van der Waals surface area contributed by atoms with Crippen LogP contribution in [0.4, 0.5) is 0 Å². The van der Waals surface area contributed by atoms with E-state index in [2.05, 4.69) is 10.6 Å². The molecule has 0 aromatic heterocycles. The minimum atomic E-state index is 0.248. The zero-order valence-corrected chi connectivity index (χ0v) is 10.3. The van der Waals surface area contributed by atoms with Crippen LogP contribution in [0.5, 0.6) is 0 Å². The summed E-state index contributed by atoms with van der Waals surface area (Å²) in [6.45, 7) is 1.88.